The highest BCUT2D eigenvalue weighted by Crippen LogP contribution is 2.41. The van der Waals surface area contributed by atoms with Gasteiger partial charge in [-0.25, -0.2) is 4.39 Å². The summed E-state index contributed by atoms with van der Waals surface area (Å²) in [6.07, 6.45) is 2.22. The molecule has 152 valence electrons. The number of rotatable bonds is 4. The van der Waals surface area contributed by atoms with Gasteiger partial charge in [0.05, 0.1) is 0 Å². The zero-order valence-corrected chi connectivity index (χ0v) is 16.7. The lowest BCUT2D eigenvalue weighted by molar-refractivity contribution is 0.270. The molecule has 3 heterocycles. The molecule has 1 aliphatic carbocycles. The van der Waals surface area contributed by atoms with E-state index in [9.17, 15) is 9.18 Å². The molecular weight excluding hydrogens is 373 g/mol. The molecule has 1 saturated heterocycles. The Morgan fingerprint density at radius 1 is 1.17 bits per heavy atom. The number of H-pyrrole nitrogens is 1. The van der Waals surface area contributed by atoms with Crippen LogP contribution >= 0.6 is 0 Å². The Hall–Kier alpha value is -2.81. The molecular formula is C20H24FN7O. The van der Waals surface area contributed by atoms with E-state index in [1.54, 1.807) is 6.07 Å². The molecule has 1 N–H and O–H groups in total. The van der Waals surface area contributed by atoms with Crippen LogP contribution < -0.4 is 10.5 Å². The largest absolute Gasteiger partial charge is 0.340 e. The molecule has 2 fully saturated rings. The van der Waals surface area contributed by atoms with Crippen LogP contribution in [-0.4, -0.2) is 62.6 Å². The summed E-state index contributed by atoms with van der Waals surface area (Å²) < 4.78 is 14.8. The quantitative estimate of drug-likeness (QED) is 0.725. The number of benzene rings is 1. The average Bonchev–Trinajstić information content (AvgIpc) is 3.47. The Morgan fingerprint density at radius 3 is 2.59 bits per heavy atom. The van der Waals surface area contributed by atoms with Crippen LogP contribution in [0, 0.1) is 12.7 Å². The van der Waals surface area contributed by atoms with E-state index in [0.29, 0.717) is 11.9 Å². The highest BCUT2D eigenvalue weighted by Gasteiger charge is 2.26. The number of likely N-dealkylation sites (N-methyl/N-ethyl adjacent to an activating group) is 1. The molecule has 0 amide bonds. The Kier molecular flexibility index (Phi) is 4.34. The van der Waals surface area contributed by atoms with E-state index in [0.717, 1.165) is 56.7 Å². The zero-order valence-electron chi connectivity index (χ0n) is 16.7. The minimum absolute atomic E-state index is 0.117. The summed E-state index contributed by atoms with van der Waals surface area (Å²) in [5, 5.41) is 8.58. The predicted octanol–water partition coefficient (Wildman–Crippen LogP) is 1.97. The number of halogens is 1. The first-order valence-electron chi connectivity index (χ1n) is 10.2. The predicted molar refractivity (Wildman–Crippen MR) is 108 cm³/mol. The molecule has 3 aromatic rings. The van der Waals surface area contributed by atoms with Gasteiger partial charge in [0.25, 0.3) is 5.56 Å². The number of aromatic nitrogens is 5. The molecule has 2 aromatic heterocycles. The Morgan fingerprint density at radius 2 is 1.93 bits per heavy atom. The van der Waals surface area contributed by atoms with Crippen LogP contribution in [0.5, 0.6) is 0 Å². The first kappa shape index (κ1) is 18.2. The van der Waals surface area contributed by atoms with Gasteiger partial charge in [0.2, 0.25) is 11.6 Å². The topological polar surface area (TPSA) is 82.9 Å². The summed E-state index contributed by atoms with van der Waals surface area (Å²) in [4.78, 5) is 25.5. The van der Waals surface area contributed by atoms with E-state index in [-0.39, 0.29) is 28.2 Å². The SMILES string of the molecule is CCN1CCN(c2nc3nn(-c4c(C)cc(C5CC5)cc4F)nc3c(=O)[nH]2)CC1. The molecule has 0 spiro atoms. The Bertz CT molecular complexity index is 1100. The van der Waals surface area contributed by atoms with Crippen molar-refractivity contribution in [2.24, 2.45) is 0 Å². The van der Waals surface area contributed by atoms with Crippen molar-refractivity contribution >= 4 is 17.1 Å². The van der Waals surface area contributed by atoms with Crippen molar-refractivity contribution < 1.29 is 4.39 Å². The number of hydrogen-bond donors (Lipinski definition) is 1. The van der Waals surface area contributed by atoms with Crippen LogP contribution in [0.15, 0.2) is 16.9 Å². The lowest BCUT2D eigenvalue weighted by Gasteiger charge is -2.34. The van der Waals surface area contributed by atoms with Crippen LogP contribution in [0.2, 0.25) is 0 Å². The lowest BCUT2D eigenvalue weighted by atomic mass is 10.1. The molecule has 1 aromatic carbocycles. The second kappa shape index (κ2) is 6.91. The second-order valence-electron chi connectivity index (χ2n) is 7.92. The van der Waals surface area contributed by atoms with Gasteiger partial charge in [-0.05, 0) is 49.4 Å². The Balaban J connectivity index is 1.51. The van der Waals surface area contributed by atoms with Crippen molar-refractivity contribution in [3.05, 3.63) is 39.4 Å². The molecule has 0 bridgehead atoms. The summed E-state index contributed by atoms with van der Waals surface area (Å²) in [5.74, 6) is 0.577. The third-order valence-electron chi connectivity index (χ3n) is 5.89. The van der Waals surface area contributed by atoms with Gasteiger partial charge in [-0.2, -0.15) is 4.98 Å². The van der Waals surface area contributed by atoms with Crippen LogP contribution in [-0.2, 0) is 0 Å². The summed E-state index contributed by atoms with van der Waals surface area (Å²) in [5.41, 5.74) is 2.02. The summed E-state index contributed by atoms with van der Waals surface area (Å²) >= 11 is 0. The fraction of sp³-hybridized carbons (Fsp3) is 0.500. The summed E-state index contributed by atoms with van der Waals surface area (Å²) in [6.45, 7) is 8.40. The number of aromatic amines is 1. The van der Waals surface area contributed by atoms with Gasteiger partial charge in [-0.1, -0.05) is 13.0 Å². The van der Waals surface area contributed by atoms with Gasteiger partial charge in [-0.15, -0.1) is 15.0 Å². The monoisotopic (exact) mass is 397 g/mol. The maximum absolute atomic E-state index is 14.8. The lowest BCUT2D eigenvalue weighted by Crippen LogP contribution is -2.47. The number of fused-ring (bicyclic) bond motifs is 1. The van der Waals surface area contributed by atoms with Crippen LogP contribution in [0.25, 0.3) is 16.9 Å². The molecule has 2 aliphatic rings. The van der Waals surface area contributed by atoms with E-state index in [1.165, 1.54) is 4.80 Å². The number of nitrogens with zero attached hydrogens (tertiary/aromatic N) is 6. The third-order valence-corrected chi connectivity index (χ3v) is 5.89. The second-order valence-corrected chi connectivity index (χ2v) is 7.92. The first-order valence-corrected chi connectivity index (χ1v) is 10.2. The van der Waals surface area contributed by atoms with Crippen molar-refractivity contribution in [2.75, 3.05) is 37.6 Å². The molecule has 8 nitrogen and oxygen atoms in total. The summed E-state index contributed by atoms with van der Waals surface area (Å²) in [6, 6.07) is 3.55. The normalized spacial score (nSPS) is 18.0. The zero-order chi connectivity index (χ0) is 20.1. The van der Waals surface area contributed by atoms with E-state index in [1.807, 2.05) is 17.9 Å². The number of hydrogen-bond acceptors (Lipinski definition) is 6. The van der Waals surface area contributed by atoms with E-state index < -0.39 is 0 Å². The first-order chi connectivity index (χ1) is 14.0. The minimum atomic E-state index is -0.375. The molecule has 0 atom stereocenters. The van der Waals surface area contributed by atoms with E-state index in [4.69, 9.17) is 0 Å². The van der Waals surface area contributed by atoms with Gasteiger partial charge in [0.1, 0.15) is 5.69 Å². The van der Waals surface area contributed by atoms with E-state index in [2.05, 4.69) is 32.0 Å². The van der Waals surface area contributed by atoms with Crippen LogP contribution in [0.3, 0.4) is 0 Å². The smallest absolute Gasteiger partial charge is 0.282 e. The van der Waals surface area contributed by atoms with Crippen molar-refractivity contribution in [1.82, 2.24) is 29.9 Å². The number of nitrogens with one attached hydrogen (secondary N) is 1. The van der Waals surface area contributed by atoms with Crippen molar-refractivity contribution in [1.29, 1.82) is 0 Å². The van der Waals surface area contributed by atoms with Gasteiger partial charge in [-0.3, -0.25) is 9.78 Å². The number of piperazine rings is 1. The molecule has 1 aliphatic heterocycles. The van der Waals surface area contributed by atoms with Crippen molar-refractivity contribution in [3.8, 4) is 5.69 Å². The maximum Gasteiger partial charge on any atom is 0.282 e. The minimum Gasteiger partial charge on any atom is -0.340 e. The highest BCUT2D eigenvalue weighted by atomic mass is 19.1. The highest BCUT2D eigenvalue weighted by molar-refractivity contribution is 5.69. The molecule has 0 radical (unpaired) electrons. The Labute approximate surface area is 167 Å². The van der Waals surface area contributed by atoms with Crippen LogP contribution in [0.4, 0.5) is 10.3 Å². The third kappa shape index (κ3) is 3.29. The molecule has 1 saturated carbocycles. The maximum atomic E-state index is 14.8. The summed E-state index contributed by atoms with van der Waals surface area (Å²) in [7, 11) is 0. The van der Waals surface area contributed by atoms with Gasteiger partial charge in [0.15, 0.2) is 11.3 Å². The van der Waals surface area contributed by atoms with Gasteiger partial charge < -0.3 is 9.80 Å². The van der Waals surface area contributed by atoms with Gasteiger partial charge >= 0.3 is 0 Å². The van der Waals surface area contributed by atoms with Gasteiger partial charge in [0, 0.05) is 26.2 Å². The molecule has 0 unspecified atom stereocenters. The standard InChI is InChI=1S/C20H24FN7O/c1-3-26-6-8-27(9-7-26)20-22-18-16(19(29)23-20)24-28(25-18)17-12(2)10-14(11-15(17)21)13-4-5-13/h10-11,13H,3-9H2,1-2H3,(H,22,23,25,29). The number of aryl methyl sites for hydroxylation is 1. The van der Waals surface area contributed by atoms with Crippen molar-refractivity contribution in [2.45, 2.75) is 32.6 Å². The van der Waals surface area contributed by atoms with E-state index >= 15 is 0 Å². The fourth-order valence-electron chi connectivity index (χ4n) is 4.00. The number of anilines is 1. The van der Waals surface area contributed by atoms with Crippen molar-refractivity contribution in [3.63, 3.8) is 0 Å². The molecule has 29 heavy (non-hydrogen) atoms. The van der Waals surface area contributed by atoms with Crippen LogP contribution in [0.1, 0.15) is 36.8 Å². The molecule has 9 heteroatoms. The average molecular weight is 397 g/mol. The fourth-order valence-corrected chi connectivity index (χ4v) is 4.00. The molecule has 5 rings (SSSR count).